The van der Waals surface area contributed by atoms with Crippen LogP contribution in [0.1, 0.15) is 35.9 Å². The lowest BCUT2D eigenvalue weighted by atomic mass is 9.97. The first-order valence-electron chi connectivity index (χ1n) is 6.96. The number of hydrogen-bond acceptors (Lipinski definition) is 4. The quantitative estimate of drug-likeness (QED) is 0.876. The van der Waals surface area contributed by atoms with Gasteiger partial charge in [-0.2, -0.15) is 0 Å². The average Bonchev–Trinajstić information content (AvgIpc) is 2.98. The highest BCUT2D eigenvalue weighted by atomic mass is 32.1. The highest BCUT2D eigenvalue weighted by Gasteiger charge is 2.29. The lowest BCUT2D eigenvalue weighted by molar-refractivity contribution is -0.134. The van der Waals surface area contributed by atoms with Gasteiger partial charge in [-0.1, -0.05) is 6.07 Å². The summed E-state index contributed by atoms with van der Waals surface area (Å²) >= 11 is 1.37. The normalized spacial score (nSPS) is 20.5. The van der Waals surface area contributed by atoms with Crippen molar-refractivity contribution in [2.45, 2.75) is 38.3 Å². The fourth-order valence-electron chi connectivity index (χ4n) is 2.57. The van der Waals surface area contributed by atoms with E-state index in [2.05, 4.69) is 5.32 Å². The minimum absolute atomic E-state index is 0.0350. The minimum Gasteiger partial charge on any atom is -0.342 e. The van der Waals surface area contributed by atoms with Crippen molar-refractivity contribution in [1.82, 2.24) is 10.2 Å². The monoisotopic (exact) mass is 295 g/mol. The maximum atomic E-state index is 12.2. The molecule has 2 atom stereocenters. The average molecular weight is 295 g/mol. The van der Waals surface area contributed by atoms with E-state index in [-0.39, 0.29) is 30.4 Å². The number of nitrogens with one attached hydrogen (secondary N) is 1. The van der Waals surface area contributed by atoms with Crippen LogP contribution < -0.4 is 11.1 Å². The van der Waals surface area contributed by atoms with Gasteiger partial charge in [0.05, 0.1) is 11.4 Å². The molecular formula is C14H21N3O2S. The number of hydrogen-bond donors (Lipinski definition) is 2. The smallest absolute Gasteiger partial charge is 0.261 e. The van der Waals surface area contributed by atoms with Gasteiger partial charge in [0, 0.05) is 18.6 Å². The van der Waals surface area contributed by atoms with Crippen LogP contribution in [-0.2, 0) is 4.79 Å². The first-order valence-corrected chi connectivity index (χ1v) is 7.84. The third-order valence-electron chi connectivity index (χ3n) is 3.62. The number of thiophene rings is 1. The molecule has 1 aliphatic rings. The zero-order chi connectivity index (χ0) is 14.5. The Balaban J connectivity index is 1.88. The molecule has 0 bridgehead atoms. The summed E-state index contributed by atoms with van der Waals surface area (Å²) in [5.41, 5.74) is 5.95. The van der Waals surface area contributed by atoms with Crippen molar-refractivity contribution in [3.63, 3.8) is 0 Å². The maximum absolute atomic E-state index is 12.2. The predicted molar refractivity (Wildman–Crippen MR) is 79.7 cm³/mol. The third kappa shape index (κ3) is 3.58. The summed E-state index contributed by atoms with van der Waals surface area (Å²) in [6.45, 7) is 2.71. The number of amides is 2. The molecule has 0 radical (unpaired) electrons. The molecule has 2 rings (SSSR count). The molecule has 1 aromatic heterocycles. The van der Waals surface area contributed by atoms with Crippen LogP contribution in [-0.4, -0.2) is 41.9 Å². The summed E-state index contributed by atoms with van der Waals surface area (Å²) in [5, 5.41) is 4.52. The Morgan fingerprint density at radius 2 is 2.35 bits per heavy atom. The number of carbonyl (C=O) groups is 2. The second-order valence-electron chi connectivity index (χ2n) is 5.17. The van der Waals surface area contributed by atoms with Crippen molar-refractivity contribution in [3.05, 3.63) is 22.4 Å². The molecular weight excluding hydrogens is 274 g/mol. The maximum Gasteiger partial charge on any atom is 0.261 e. The SMILES string of the molecule is CC(N)C1CCCCN1C(=O)CNC(=O)c1cccs1. The minimum atomic E-state index is -0.192. The van der Waals surface area contributed by atoms with Crippen molar-refractivity contribution < 1.29 is 9.59 Å². The number of rotatable bonds is 4. The Hall–Kier alpha value is -1.40. The van der Waals surface area contributed by atoms with Gasteiger partial charge in [-0.25, -0.2) is 0 Å². The second kappa shape index (κ2) is 6.85. The van der Waals surface area contributed by atoms with E-state index in [0.717, 1.165) is 25.8 Å². The molecule has 110 valence electrons. The Bertz CT molecular complexity index is 459. The predicted octanol–water partition coefficient (Wildman–Crippen LogP) is 1.21. The van der Waals surface area contributed by atoms with Crippen LogP contribution in [0.4, 0.5) is 0 Å². The summed E-state index contributed by atoms with van der Waals surface area (Å²) in [5.74, 6) is -0.236. The van der Waals surface area contributed by atoms with Crippen molar-refractivity contribution in [2.24, 2.45) is 5.73 Å². The molecule has 6 heteroatoms. The van der Waals surface area contributed by atoms with Gasteiger partial charge in [-0.3, -0.25) is 9.59 Å². The van der Waals surface area contributed by atoms with E-state index in [1.165, 1.54) is 11.3 Å². The van der Waals surface area contributed by atoms with Crippen LogP contribution >= 0.6 is 11.3 Å². The molecule has 0 aromatic carbocycles. The lowest BCUT2D eigenvalue weighted by Crippen LogP contribution is -2.54. The van der Waals surface area contributed by atoms with Crippen molar-refractivity contribution in [1.29, 1.82) is 0 Å². The largest absolute Gasteiger partial charge is 0.342 e. The van der Waals surface area contributed by atoms with E-state index in [4.69, 9.17) is 5.73 Å². The number of carbonyl (C=O) groups excluding carboxylic acids is 2. The molecule has 2 unspecified atom stereocenters. The molecule has 5 nitrogen and oxygen atoms in total. The molecule has 2 amide bonds. The standard InChI is InChI=1S/C14H21N3O2S/c1-10(15)11-5-2-3-7-17(11)13(18)9-16-14(19)12-6-4-8-20-12/h4,6,8,10-11H,2-3,5,7,9,15H2,1H3,(H,16,19). The van der Waals surface area contributed by atoms with Crippen molar-refractivity contribution in [3.8, 4) is 0 Å². The number of nitrogens with zero attached hydrogens (tertiary/aromatic N) is 1. The summed E-state index contributed by atoms with van der Waals surface area (Å²) in [6, 6.07) is 3.62. The van der Waals surface area contributed by atoms with Gasteiger partial charge < -0.3 is 16.0 Å². The van der Waals surface area contributed by atoms with E-state index < -0.39 is 0 Å². The van der Waals surface area contributed by atoms with Crippen LogP contribution in [0.3, 0.4) is 0 Å². The number of nitrogens with two attached hydrogens (primary N) is 1. The molecule has 0 aliphatic carbocycles. The highest BCUT2D eigenvalue weighted by Crippen LogP contribution is 2.19. The van der Waals surface area contributed by atoms with Gasteiger partial charge in [-0.05, 0) is 37.6 Å². The van der Waals surface area contributed by atoms with Crippen LogP contribution in [0, 0.1) is 0 Å². The fourth-order valence-corrected chi connectivity index (χ4v) is 3.21. The van der Waals surface area contributed by atoms with Crippen LogP contribution in [0.5, 0.6) is 0 Å². The van der Waals surface area contributed by atoms with Crippen molar-refractivity contribution in [2.75, 3.05) is 13.1 Å². The van der Waals surface area contributed by atoms with Gasteiger partial charge in [0.15, 0.2) is 0 Å². The highest BCUT2D eigenvalue weighted by molar-refractivity contribution is 7.12. The summed E-state index contributed by atoms with van der Waals surface area (Å²) in [4.78, 5) is 26.5. The molecule has 0 saturated carbocycles. The van der Waals surface area contributed by atoms with Crippen LogP contribution in [0.2, 0.25) is 0 Å². The van der Waals surface area contributed by atoms with Crippen LogP contribution in [0.25, 0.3) is 0 Å². The Kier molecular flexibility index (Phi) is 5.14. The first kappa shape index (κ1) is 15.0. The van der Waals surface area contributed by atoms with Gasteiger partial charge in [-0.15, -0.1) is 11.3 Å². The number of likely N-dealkylation sites (tertiary alicyclic amines) is 1. The summed E-state index contributed by atoms with van der Waals surface area (Å²) in [7, 11) is 0. The second-order valence-corrected chi connectivity index (χ2v) is 6.12. The molecule has 20 heavy (non-hydrogen) atoms. The van der Waals surface area contributed by atoms with E-state index >= 15 is 0 Å². The summed E-state index contributed by atoms with van der Waals surface area (Å²) in [6.07, 6.45) is 3.06. The Labute approximate surface area is 123 Å². The van der Waals surface area contributed by atoms with E-state index in [1.807, 2.05) is 23.3 Å². The van der Waals surface area contributed by atoms with E-state index in [1.54, 1.807) is 6.07 Å². The van der Waals surface area contributed by atoms with Gasteiger partial charge in [0.25, 0.3) is 5.91 Å². The topological polar surface area (TPSA) is 75.4 Å². The molecule has 1 fully saturated rings. The number of piperidine rings is 1. The third-order valence-corrected chi connectivity index (χ3v) is 4.49. The summed E-state index contributed by atoms with van der Waals surface area (Å²) < 4.78 is 0. The lowest BCUT2D eigenvalue weighted by Gasteiger charge is -2.38. The molecule has 2 heterocycles. The molecule has 1 saturated heterocycles. The van der Waals surface area contributed by atoms with Crippen LogP contribution in [0.15, 0.2) is 17.5 Å². The van der Waals surface area contributed by atoms with E-state index in [0.29, 0.717) is 4.88 Å². The first-order chi connectivity index (χ1) is 9.59. The Morgan fingerprint density at radius 3 is 3.00 bits per heavy atom. The molecule has 3 N–H and O–H groups in total. The van der Waals surface area contributed by atoms with Crippen molar-refractivity contribution >= 4 is 23.2 Å². The Morgan fingerprint density at radius 1 is 1.55 bits per heavy atom. The van der Waals surface area contributed by atoms with Gasteiger partial charge in [0.1, 0.15) is 0 Å². The molecule has 1 aromatic rings. The van der Waals surface area contributed by atoms with E-state index in [9.17, 15) is 9.59 Å². The zero-order valence-electron chi connectivity index (χ0n) is 11.7. The molecule has 1 aliphatic heterocycles. The van der Waals surface area contributed by atoms with Gasteiger partial charge in [0.2, 0.25) is 5.91 Å². The zero-order valence-corrected chi connectivity index (χ0v) is 12.5. The van der Waals surface area contributed by atoms with Gasteiger partial charge >= 0.3 is 0 Å². The molecule has 0 spiro atoms. The fraction of sp³-hybridized carbons (Fsp3) is 0.571.